The Morgan fingerprint density at radius 2 is 1.07 bits per heavy atom. The van der Waals surface area contributed by atoms with E-state index in [0.717, 1.165) is 5.92 Å². The van der Waals surface area contributed by atoms with Gasteiger partial charge in [-0.1, -0.05) is 85.0 Å². The van der Waals surface area contributed by atoms with Crippen molar-refractivity contribution in [2.24, 2.45) is 5.92 Å². The van der Waals surface area contributed by atoms with Gasteiger partial charge in [-0.05, 0) is 5.92 Å². The van der Waals surface area contributed by atoms with Crippen LogP contribution in [0.1, 0.15) is 85.0 Å². The third kappa shape index (κ3) is 7.41. The highest BCUT2D eigenvalue weighted by Crippen LogP contribution is 2.23. The third-order valence-electron chi connectivity index (χ3n) is 3.30. The Kier molecular flexibility index (Phi) is 11.1. The molecule has 0 aromatic rings. The Morgan fingerprint density at radius 1 is 0.714 bits per heavy atom. The molecular formula is C14H30. The van der Waals surface area contributed by atoms with Crippen molar-refractivity contribution in [2.75, 3.05) is 0 Å². The van der Waals surface area contributed by atoms with E-state index >= 15 is 0 Å². The van der Waals surface area contributed by atoms with E-state index < -0.39 is 0 Å². The summed E-state index contributed by atoms with van der Waals surface area (Å²) >= 11 is 0. The van der Waals surface area contributed by atoms with E-state index in [2.05, 4.69) is 6.92 Å². The maximum absolute atomic E-state index is 2.36. The van der Waals surface area contributed by atoms with E-state index in [1.54, 1.807) is 0 Å². The Balaban J connectivity index is 0.000000791. The monoisotopic (exact) mass is 198 g/mol. The normalized spacial score (nSPS) is 20.8. The van der Waals surface area contributed by atoms with Gasteiger partial charge in [0.25, 0.3) is 0 Å². The average Bonchev–Trinajstić information content (AvgIpc) is 2.28. The Hall–Kier alpha value is 0. The summed E-state index contributed by atoms with van der Waals surface area (Å²) in [7, 11) is 0. The molecule has 14 heavy (non-hydrogen) atoms. The van der Waals surface area contributed by atoms with E-state index in [1.165, 1.54) is 64.2 Å². The van der Waals surface area contributed by atoms with Gasteiger partial charge in [0, 0.05) is 0 Å². The molecule has 0 heterocycles. The minimum absolute atomic E-state index is 1.06. The van der Waals surface area contributed by atoms with Crippen molar-refractivity contribution < 1.29 is 0 Å². The minimum Gasteiger partial charge on any atom is -0.0683 e. The average molecular weight is 198 g/mol. The molecule has 1 fully saturated rings. The zero-order valence-corrected chi connectivity index (χ0v) is 10.6. The summed E-state index contributed by atoms with van der Waals surface area (Å²) < 4.78 is 0. The van der Waals surface area contributed by atoms with Crippen molar-refractivity contribution in [3.8, 4) is 0 Å². The largest absolute Gasteiger partial charge is 0.0683 e. The van der Waals surface area contributed by atoms with Crippen LogP contribution in [0.5, 0.6) is 0 Å². The fourth-order valence-electron chi connectivity index (χ4n) is 2.30. The molecule has 1 aliphatic carbocycles. The molecule has 0 amide bonds. The van der Waals surface area contributed by atoms with Crippen LogP contribution in [0.15, 0.2) is 0 Å². The van der Waals surface area contributed by atoms with E-state index in [-0.39, 0.29) is 0 Å². The van der Waals surface area contributed by atoms with E-state index in [9.17, 15) is 0 Å². The van der Waals surface area contributed by atoms with Gasteiger partial charge in [-0.15, -0.1) is 0 Å². The SMILES string of the molecule is CC.CCC1CCCCCCCCC1. The first kappa shape index (κ1) is 14.0. The number of hydrogen-bond donors (Lipinski definition) is 0. The summed E-state index contributed by atoms with van der Waals surface area (Å²) in [6.07, 6.45) is 14.9. The molecule has 0 aliphatic heterocycles. The molecule has 0 aromatic carbocycles. The first-order valence-corrected chi connectivity index (χ1v) is 6.93. The lowest BCUT2D eigenvalue weighted by Gasteiger charge is -2.16. The van der Waals surface area contributed by atoms with Crippen LogP contribution in [-0.4, -0.2) is 0 Å². The van der Waals surface area contributed by atoms with Crippen LogP contribution in [0.25, 0.3) is 0 Å². The van der Waals surface area contributed by atoms with Gasteiger partial charge in [0.15, 0.2) is 0 Å². The molecule has 0 saturated heterocycles. The second-order valence-electron chi connectivity index (χ2n) is 4.33. The van der Waals surface area contributed by atoms with E-state index in [0.29, 0.717) is 0 Å². The van der Waals surface area contributed by atoms with Gasteiger partial charge in [-0.25, -0.2) is 0 Å². The topological polar surface area (TPSA) is 0 Å². The van der Waals surface area contributed by atoms with Gasteiger partial charge in [0.2, 0.25) is 0 Å². The molecule has 0 unspecified atom stereocenters. The van der Waals surface area contributed by atoms with Crippen LogP contribution in [0.3, 0.4) is 0 Å². The summed E-state index contributed by atoms with van der Waals surface area (Å²) in [5.74, 6) is 1.06. The van der Waals surface area contributed by atoms with Crippen molar-refractivity contribution in [2.45, 2.75) is 85.0 Å². The summed E-state index contributed by atoms with van der Waals surface area (Å²) in [6.45, 7) is 6.36. The van der Waals surface area contributed by atoms with Gasteiger partial charge >= 0.3 is 0 Å². The van der Waals surface area contributed by atoms with E-state index in [1.807, 2.05) is 13.8 Å². The second kappa shape index (κ2) is 11.1. The molecule has 0 radical (unpaired) electrons. The highest BCUT2D eigenvalue weighted by atomic mass is 14.1. The van der Waals surface area contributed by atoms with Crippen molar-refractivity contribution >= 4 is 0 Å². The maximum atomic E-state index is 2.36. The molecule has 1 rings (SSSR count). The fraction of sp³-hybridized carbons (Fsp3) is 1.00. The highest BCUT2D eigenvalue weighted by molar-refractivity contribution is 4.60. The zero-order chi connectivity index (χ0) is 10.6. The molecule has 0 aromatic heterocycles. The van der Waals surface area contributed by atoms with Crippen molar-refractivity contribution in [1.82, 2.24) is 0 Å². The predicted molar refractivity (Wildman–Crippen MR) is 66.7 cm³/mol. The summed E-state index contributed by atoms with van der Waals surface area (Å²) in [5, 5.41) is 0. The van der Waals surface area contributed by atoms with Crippen LogP contribution >= 0.6 is 0 Å². The predicted octanol–water partition coefficient (Wildman–Crippen LogP) is 5.56. The van der Waals surface area contributed by atoms with Crippen LogP contribution in [-0.2, 0) is 0 Å². The molecule has 0 atom stereocenters. The van der Waals surface area contributed by atoms with Gasteiger partial charge in [-0.3, -0.25) is 0 Å². The molecule has 0 heteroatoms. The Bertz CT molecular complexity index is 86.2. The van der Waals surface area contributed by atoms with Gasteiger partial charge < -0.3 is 0 Å². The maximum Gasteiger partial charge on any atom is -0.0417 e. The van der Waals surface area contributed by atoms with Gasteiger partial charge in [0.1, 0.15) is 0 Å². The zero-order valence-electron chi connectivity index (χ0n) is 10.6. The summed E-state index contributed by atoms with van der Waals surface area (Å²) in [6, 6.07) is 0. The van der Waals surface area contributed by atoms with Gasteiger partial charge in [0.05, 0.1) is 0 Å². The lowest BCUT2D eigenvalue weighted by atomic mass is 9.91. The molecule has 0 N–H and O–H groups in total. The lowest BCUT2D eigenvalue weighted by molar-refractivity contribution is 0.380. The quantitative estimate of drug-likeness (QED) is 0.517. The molecule has 1 saturated carbocycles. The lowest BCUT2D eigenvalue weighted by Crippen LogP contribution is -2.00. The summed E-state index contributed by atoms with van der Waals surface area (Å²) in [4.78, 5) is 0. The fourth-order valence-corrected chi connectivity index (χ4v) is 2.30. The molecule has 1 aliphatic rings. The smallest absolute Gasteiger partial charge is 0.0417 e. The Morgan fingerprint density at radius 3 is 1.43 bits per heavy atom. The second-order valence-corrected chi connectivity index (χ2v) is 4.33. The van der Waals surface area contributed by atoms with Crippen molar-refractivity contribution in [1.29, 1.82) is 0 Å². The van der Waals surface area contributed by atoms with Crippen LogP contribution in [0.4, 0.5) is 0 Å². The van der Waals surface area contributed by atoms with Gasteiger partial charge in [-0.2, -0.15) is 0 Å². The number of rotatable bonds is 1. The first-order valence-electron chi connectivity index (χ1n) is 6.93. The standard InChI is InChI=1S/C12H24.C2H6/c1-2-12-10-8-6-4-3-5-7-9-11-12;1-2/h12H,2-11H2,1H3;1-2H3. The molecule has 0 bridgehead atoms. The van der Waals surface area contributed by atoms with Crippen LogP contribution in [0, 0.1) is 5.92 Å². The number of hydrogen-bond acceptors (Lipinski definition) is 0. The van der Waals surface area contributed by atoms with Crippen LogP contribution in [0.2, 0.25) is 0 Å². The Labute approximate surface area is 91.5 Å². The van der Waals surface area contributed by atoms with E-state index in [4.69, 9.17) is 0 Å². The summed E-state index contributed by atoms with van der Waals surface area (Å²) in [5.41, 5.74) is 0. The van der Waals surface area contributed by atoms with Crippen molar-refractivity contribution in [3.05, 3.63) is 0 Å². The minimum atomic E-state index is 1.06. The van der Waals surface area contributed by atoms with Crippen molar-refractivity contribution in [3.63, 3.8) is 0 Å². The first-order chi connectivity index (χ1) is 6.93. The molecule has 86 valence electrons. The highest BCUT2D eigenvalue weighted by Gasteiger charge is 2.06. The molecule has 0 nitrogen and oxygen atoms in total. The van der Waals surface area contributed by atoms with Crippen LogP contribution < -0.4 is 0 Å². The molecular weight excluding hydrogens is 168 g/mol. The molecule has 0 spiro atoms. The third-order valence-corrected chi connectivity index (χ3v) is 3.30.